The summed E-state index contributed by atoms with van der Waals surface area (Å²) in [5, 5.41) is 14.3. The lowest BCUT2D eigenvalue weighted by Crippen LogP contribution is -2.55. The standard InChI is InChI=1S/C26H29FN4O4/c1-26(29-15-23(32)31-16-21(27)13-22(31)14-28)8-10-30(11-9-26)24(33)17-35-25(34)20-7-6-18-4-2-3-5-19(18)12-20/h2-7,12,21-22,29H,8-11,13,15-17H2,1H3/t21-,22-/m0/s1. The Kier molecular flexibility index (Phi) is 7.31. The average Bonchev–Trinajstić information content (AvgIpc) is 3.26. The minimum atomic E-state index is -1.16. The van der Waals surface area contributed by atoms with Crippen molar-refractivity contribution >= 4 is 28.6 Å². The summed E-state index contributed by atoms with van der Waals surface area (Å²) in [5.41, 5.74) is 0.0258. The van der Waals surface area contributed by atoms with Crippen LogP contribution in [0.25, 0.3) is 10.8 Å². The Bertz CT molecular complexity index is 1160. The maximum absolute atomic E-state index is 13.6. The summed E-state index contributed by atoms with van der Waals surface area (Å²) in [4.78, 5) is 40.5. The summed E-state index contributed by atoms with van der Waals surface area (Å²) in [6, 6.07) is 14.2. The van der Waals surface area contributed by atoms with Gasteiger partial charge in [-0.3, -0.25) is 9.59 Å². The van der Waals surface area contributed by atoms with Crippen molar-refractivity contribution < 1.29 is 23.5 Å². The molecular formula is C26H29FN4O4. The van der Waals surface area contributed by atoms with E-state index in [0.29, 0.717) is 31.5 Å². The molecule has 2 aromatic carbocycles. The number of fused-ring (bicyclic) bond motifs is 1. The molecule has 0 aromatic heterocycles. The number of piperidine rings is 1. The Balaban J connectivity index is 1.22. The van der Waals surface area contributed by atoms with Crippen LogP contribution in [0.15, 0.2) is 42.5 Å². The number of esters is 1. The predicted molar refractivity (Wildman–Crippen MR) is 127 cm³/mol. The number of nitrogens with zero attached hydrogens (tertiary/aromatic N) is 3. The van der Waals surface area contributed by atoms with Crippen LogP contribution in [0, 0.1) is 11.3 Å². The van der Waals surface area contributed by atoms with E-state index in [1.54, 1.807) is 17.0 Å². The van der Waals surface area contributed by atoms with E-state index in [9.17, 15) is 18.8 Å². The molecule has 0 unspecified atom stereocenters. The predicted octanol–water partition coefficient (Wildman–Crippen LogP) is 2.43. The van der Waals surface area contributed by atoms with E-state index in [1.807, 2.05) is 43.3 Å². The number of benzene rings is 2. The van der Waals surface area contributed by atoms with Gasteiger partial charge in [0.15, 0.2) is 6.61 Å². The normalized spacial score (nSPS) is 21.5. The van der Waals surface area contributed by atoms with Gasteiger partial charge < -0.3 is 19.9 Å². The fourth-order valence-corrected chi connectivity index (χ4v) is 4.62. The molecule has 2 aromatic rings. The van der Waals surface area contributed by atoms with Crippen molar-refractivity contribution in [3.05, 3.63) is 48.0 Å². The lowest BCUT2D eigenvalue weighted by molar-refractivity contribution is -0.136. The Morgan fingerprint density at radius 1 is 1.14 bits per heavy atom. The minimum absolute atomic E-state index is 0.0126. The number of halogens is 1. The summed E-state index contributed by atoms with van der Waals surface area (Å²) >= 11 is 0. The quantitative estimate of drug-likeness (QED) is 0.637. The zero-order chi connectivity index (χ0) is 25.0. The van der Waals surface area contributed by atoms with Crippen molar-refractivity contribution in [3.8, 4) is 6.07 Å². The number of carbonyl (C=O) groups is 3. The molecule has 0 aliphatic carbocycles. The highest BCUT2D eigenvalue weighted by molar-refractivity contribution is 5.96. The van der Waals surface area contributed by atoms with Crippen LogP contribution in [0.4, 0.5) is 4.39 Å². The largest absolute Gasteiger partial charge is 0.452 e. The van der Waals surface area contributed by atoms with E-state index in [4.69, 9.17) is 10.00 Å². The lowest BCUT2D eigenvalue weighted by Gasteiger charge is -2.40. The number of rotatable bonds is 6. The molecule has 2 saturated heterocycles. The first kappa shape index (κ1) is 24.6. The average molecular weight is 481 g/mol. The molecule has 35 heavy (non-hydrogen) atoms. The molecule has 2 fully saturated rings. The second kappa shape index (κ2) is 10.4. The first-order valence-electron chi connectivity index (χ1n) is 11.8. The zero-order valence-electron chi connectivity index (χ0n) is 19.7. The highest BCUT2D eigenvalue weighted by atomic mass is 19.1. The van der Waals surface area contributed by atoms with Crippen molar-refractivity contribution in [2.45, 2.75) is 43.9 Å². The van der Waals surface area contributed by atoms with Crippen molar-refractivity contribution in [3.63, 3.8) is 0 Å². The number of carbonyl (C=O) groups excluding carboxylic acids is 3. The second-order valence-electron chi connectivity index (χ2n) is 9.46. The molecule has 0 spiro atoms. The van der Waals surface area contributed by atoms with Crippen molar-refractivity contribution in [1.29, 1.82) is 5.26 Å². The van der Waals surface area contributed by atoms with Gasteiger partial charge in [-0.1, -0.05) is 30.3 Å². The van der Waals surface area contributed by atoms with Crippen LogP contribution < -0.4 is 5.32 Å². The fraction of sp³-hybridized carbons (Fsp3) is 0.462. The molecule has 2 atom stereocenters. The highest BCUT2D eigenvalue weighted by Gasteiger charge is 2.37. The van der Waals surface area contributed by atoms with Crippen molar-refractivity contribution in [2.24, 2.45) is 0 Å². The van der Waals surface area contributed by atoms with E-state index in [2.05, 4.69) is 5.32 Å². The number of nitrogens with one attached hydrogen (secondary N) is 1. The molecule has 2 aliphatic rings. The Morgan fingerprint density at radius 3 is 2.57 bits per heavy atom. The fourth-order valence-electron chi connectivity index (χ4n) is 4.62. The molecule has 2 aliphatic heterocycles. The number of hydrogen-bond acceptors (Lipinski definition) is 6. The van der Waals surface area contributed by atoms with Crippen LogP contribution in [0.1, 0.15) is 36.5 Å². The number of hydrogen-bond donors (Lipinski definition) is 1. The van der Waals surface area contributed by atoms with Gasteiger partial charge in [0.1, 0.15) is 12.2 Å². The molecule has 184 valence electrons. The third-order valence-electron chi connectivity index (χ3n) is 6.92. The van der Waals surface area contributed by atoms with Gasteiger partial charge in [-0.2, -0.15) is 5.26 Å². The van der Waals surface area contributed by atoms with Gasteiger partial charge in [0, 0.05) is 25.0 Å². The number of amides is 2. The summed E-state index contributed by atoms with van der Waals surface area (Å²) in [7, 11) is 0. The van der Waals surface area contributed by atoms with E-state index >= 15 is 0 Å². The zero-order valence-corrected chi connectivity index (χ0v) is 19.7. The third-order valence-corrected chi connectivity index (χ3v) is 6.92. The van der Waals surface area contributed by atoms with Crippen LogP contribution in [0.5, 0.6) is 0 Å². The Morgan fingerprint density at radius 2 is 1.86 bits per heavy atom. The van der Waals surface area contributed by atoms with E-state index in [-0.39, 0.29) is 43.5 Å². The first-order chi connectivity index (χ1) is 16.8. The number of likely N-dealkylation sites (tertiary alicyclic amines) is 2. The molecular weight excluding hydrogens is 451 g/mol. The summed E-state index contributed by atoms with van der Waals surface area (Å²) in [6.45, 7) is 2.53. The Labute approximate surface area is 203 Å². The first-order valence-corrected chi connectivity index (χ1v) is 11.8. The van der Waals surface area contributed by atoms with E-state index in [1.165, 1.54) is 4.90 Å². The molecule has 0 radical (unpaired) electrons. The number of ether oxygens (including phenoxy) is 1. The van der Waals surface area contributed by atoms with Gasteiger partial charge in [-0.25, -0.2) is 9.18 Å². The maximum atomic E-state index is 13.6. The van der Waals surface area contributed by atoms with Crippen LogP contribution >= 0.6 is 0 Å². The molecule has 1 N–H and O–H groups in total. The van der Waals surface area contributed by atoms with E-state index < -0.39 is 18.2 Å². The van der Waals surface area contributed by atoms with Gasteiger partial charge in [0.25, 0.3) is 5.91 Å². The van der Waals surface area contributed by atoms with Gasteiger partial charge in [0.05, 0.1) is 24.7 Å². The second-order valence-corrected chi connectivity index (χ2v) is 9.46. The molecule has 8 nitrogen and oxygen atoms in total. The SMILES string of the molecule is CC1(NCC(=O)N2C[C@@H](F)C[C@H]2C#N)CCN(C(=O)COC(=O)c2ccc3ccccc3c2)CC1. The monoisotopic (exact) mass is 480 g/mol. The van der Waals surface area contributed by atoms with Crippen molar-refractivity contribution in [2.75, 3.05) is 32.8 Å². The van der Waals surface area contributed by atoms with Gasteiger partial charge in [-0.15, -0.1) is 0 Å². The van der Waals surface area contributed by atoms with Crippen LogP contribution in [0.2, 0.25) is 0 Å². The molecule has 0 saturated carbocycles. The lowest BCUT2D eigenvalue weighted by atomic mass is 9.89. The Hall–Kier alpha value is -3.51. The van der Waals surface area contributed by atoms with Crippen LogP contribution in [-0.2, 0) is 14.3 Å². The number of alkyl halides is 1. The summed E-state index contributed by atoms with van der Waals surface area (Å²) in [6.07, 6.45) is 0.113. The van der Waals surface area contributed by atoms with Gasteiger partial charge in [-0.05, 0) is 42.7 Å². The molecule has 2 amide bonds. The maximum Gasteiger partial charge on any atom is 0.338 e. The van der Waals surface area contributed by atoms with E-state index in [0.717, 1.165) is 10.8 Å². The molecule has 9 heteroatoms. The van der Waals surface area contributed by atoms with Gasteiger partial charge >= 0.3 is 5.97 Å². The summed E-state index contributed by atoms with van der Waals surface area (Å²) in [5.74, 6) is -1.10. The highest BCUT2D eigenvalue weighted by Crippen LogP contribution is 2.23. The molecule has 0 bridgehead atoms. The molecule has 4 rings (SSSR count). The smallest absolute Gasteiger partial charge is 0.338 e. The topological polar surface area (TPSA) is 103 Å². The van der Waals surface area contributed by atoms with Crippen molar-refractivity contribution in [1.82, 2.24) is 15.1 Å². The molecule has 2 heterocycles. The van der Waals surface area contributed by atoms with Crippen LogP contribution in [-0.4, -0.2) is 78.1 Å². The van der Waals surface area contributed by atoms with Gasteiger partial charge in [0.2, 0.25) is 5.91 Å². The third kappa shape index (κ3) is 5.77. The summed E-state index contributed by atoms with van der Waals surface area (Å²) < 4.78 is 18.9. The van der Waals surface area contributed by atoms with Crippen LogP contribution in [0.3, 0.4) is 0 Å². The number of nitriles is 1. The minimum Gasteiger partial charge on any atom is -0.452 e.